The van der Waals surface area contributed by atoms with Crippen LogP contribution >= 0.6 is 15.9 Å². The van der Waals surface area contributed by atoms with Crippen LogP contribution in [-0.2, 0) is 15.1 Å². The Hall–Kier alpha value is -0.830. The molecule has 1 aliphatic heterocycles. The van der Waals surface area contributed by atoms with Crippen LogP contribution in [0.1, 0.15) is 38.7 Å². The standard InChI is InChI=1S/C14H17BrO2/c1-13(2,15)14(10-6-9-12(16)17-14)11-7-4-3-5-8-11/h3-5,7-8H,6,9-10H2,1-2H3/t14-/m0/s1. The van der Waals surface area contributed by atoms with Crippen molar-refractivity contribution in [1.82, 2.24) is 0 Å². The average Bonchev–Trinajstić information content (AvgIpc) is 2.28. The fourth-order valence-electron chi connectivity index (χ4n) is 2.45. The number of benzene rings is 1. The van der Waals surface area contributed by atoms with Crippen LogP contribution in [-0.4, -0.2) is 10.3 Å². The number of rotatable bonds is 2. The lowest BCUT2D eigenvalue weighted by Crippen LogP contribution is -2.49. The third kappa shape index (κ3) is 2.25. The van der Waals surface area contributed by atoms with Crippen LogP contribution < -0.4 is 0 Å². The molecule has 2 rings (SSSR count). The molecular formula is C14H17BrO2. The number of carbonyl (C=O) groups is 1. The highest BCUT2D eigenvalue weighted by Gasteiger charge is 2.49. The summed E-state index contributed by atoms with van der Waals surface area (Å²) in [4.78, 5) is 11.7. The van der Waals surface area contributed by atoms with Crippen LogP contribution in [0.4, 0.5) is 0 Å². The first-order valence-corrected chi connectivity index (χ1v) is 6.71. The molecule has 0 aromatic heterocycles. The van der Waals surface area contributed by atoms with Gasteiger partial charge in [0.25, 0.3) is 0 Å². The Morgan fingerprint density at radius 3 is 2.47 bits per heavy atom. The van der Waals surface area contributed by atoms with Crippen LogP contribution in [0.3, 0.4) is 0 Å². The van der Waals surface area contributed by atoms with E-state index in [2.05, 4.69) is 29.8 Å². The van der Waals surface area contributed by atoms with E-state index in [9.17, 15) is 4.79 Å². The molecule has 0 aliphatic carbocycles. The minimum absolute atomic E-state index is 0.104. The Morgan fingerprint density at radius 2 is 1.94 bits per heavy atom. The molecule has 0 spiro atoms. The number of hydrogen-bond acceptors (Lipinski definition) is 2. The smallest absolute Gasteiger partial charge is 0.306 e. The largest absolute Gasteiger partial charge is 0.453 e. The number of alkyl halides is 1. The number of halogens is 1. The van der Waals surface area contributed by atoms with Crippen molar-refractivity contribution in [1.29, 1.82) is 0 Å². The summed E-state index contributed by atoms with van der Waals surface area (Å²) in [7, 11) is 0. The molecule has 0 N–H and O–H groups in total. The van der Waals surface area contributed by atoms with Gasteiger partial charge in [-0.05, 0) is 32.3 Å². The summed E-state index contributed by atoms with van der Waals surface area (Å²) in [5, 5.41) is 0. The first kappa shape index (κ1) is 12.6. The van der Waals surface area contributed by atoms with Gasteiger partial charge in [0.05, 0.1) is 4.32 Å². The number of carbonyl (C=O) groups excluding carboxylic acids is 1. The molecule has 1 aliphatic rings. The van der Waals surface area contributed by atoms with Gasteiger partial charge in [-0.1, -0.05) is 46.3 Å². The second-order valence-electron chi connectivity index (χ2n) is 4.99. The molecule has 0 amide bonds. The molecule has 0 radical (unpaired) electrons. The monoisotopic (exact) mass is 296 g/mol. The summed E-state index contributed by atoms with van der Waals surface area (Å²) in [5.41, 5.74) is 0.513. The van der Waals surface area contributed by atoms with Crippen molar-refractivity contribution in [2.75, 3.05) is 0 Å². The highest BCUT2D eigenvalue weighted by molar-refractivity contribution is 9.10. The molecule has 1 fully saturated rings. The zero-order valence-electron chi connectivity index (χ0n) is 10.2. The Balaban J connectivity index is 2.48. The predicted molar refractivity (Wildman–Crippen MR) is 71.1 cm³/mol. The van der Waals surface area contributed by atoms with Gasteiger partial charge in [-0.25, -0.2) is 0 Å². The van der Waals surface area contributed by atoms with Gasteiger partial charge in [-0.15, -0.1) is 0 Å². The Kier molecular flexibility index (Phi) is 3.30. The number of hydrogen-bond donors (Lipinski definition) is 0. The zero-order valence-corrected chi connectivity index (χ0v) is 11.8. The topological polar surface area (TPSA) is 26.3 Å². The summed E-state index contributed by atoms with van der Waals surface area (Å²) >= 11 is 3.68. The summed E-state index contributed by atoms with van der Waals surface area (Å²) in [5.74, 6) is -0.104. The summed E-state index contributed by atoms with van der Waals surface area (Å²) in [6.45, 7) is 4.11. The predicted octanol–water partition coefficient (Wildman–Crippen LogP) is 3.78. The Labute approximate surface area is 110 Å². The van der Waals surface area contributed by atoms with Crippen molar-refractivity contribution in [3.63, 3.8) is 0 Å². The van der Waals surface area contributed by atoms with E-state index in [1.807, 2.05) is 30.3 Å². The lowest BCUT2D eigenvalue weighted by Gasteiger charge is -2.45. The fourth-order valence-corrected chi connectivity index (χ4v) is 2.96. The molecule has 0 unspecified atom stereocenters. The van der Waals surface area contributed by atoms with Crippen LogP contribution in [0, 0.1) is 0 Å². The molecule has 1 heterocycles. The average molecular weight is 297 g/mol. The fraction of sp³-hybridized carbons (Fsp3) is 0.500. The van der Waals surface area contributed by atoms with Crippen molar-refractivity contribution in [3.8, 4) is 0 Å². The normalized spacial score (nSPS) is 25.5. The van der Waals surface area contributed by atoms with Gasteiger partial charge < -0.3 is 4.74 Å². The Morgan fingerprint density at radius 1 is 1.29 bits per heavy atom. The first-order chi connectivity index (χ1) is 7.96. The third-order valence-electron chi connectivity index (χ3n) is 3.40. The highest BCUT2D eigenvalue weighted by Crippen LogP contribution is 2.48. The van der Waals surface area contributed by atoms with E-state index in [0.717, 1.165) is 18.4 Å². The molecule has 92 valence electrons. The summed E-state index contributed by atoms with van der Waals surface area (Å²) in [6.07, 6.45) is 2.27. The van der Waals surface area contributed by atoms with Crippen molar-refractivity contribution in [2.45, 2.75) is 43.0 Å². The van der Waals surface area contributed by atoms with Crippen molar-refractivity contribution >= 4 is 21.9 Å². The second-order valence-corrected chi connectivity index (χ2v) is 6.98. The first-order valence-electron chi connectivity index (χ1n) is 5.92. The van der Waals surface area contributed by atoms with Gasteiger partial charge in [0.1, 0.15) is 0 Å². The van der Waals surface area contributed by atoms with Crippen molar-refractivity contribution < 1.29 is 9.53 Å². The van der Waals surface area contributed by atoms with E-state index >= 15 is 0 Å². The van der Waals surface area contributed by atoms with Crippen LogP contribution in [0.15, 0.2) is 30.3 Å². The van der Waals surface area contributed by atoms with Gasteiger partial charge in [0.15, 0.2) is 5.60 Å². The molecule has 1 aromatic carbocycles. The van der Waals surface area contributed by atoms with E-state index < -0.39 is 5.60 Å². The van der Waals surface area contributed by atoms with Crippen LogP contribution in [0.2, 0.25) is 0 Å². The zero-order chi connectivity index (χ0) is 12.5. The van der Waals surface area contributed by atoms with Crippen LogP contribution in [0.25, 0.3) is 0 Å². The SMILES string of the molecule is CC(C)(Br)[C@@]1(c2ccccc2)CCCC(=O)O1. The van der Waals surface area contributed by atoms with Crippen molar-refractivity contribution in [2.24, 2.45) is 0 Å². The minimum atomic E-state index is -0.552. The van der Waals surface area contributed by atoms with E-state index in [1.165, 1.54) is 0 Å². The second kappa shape index (κ2) is 4.45. The molecule has 0 saturated carbocycles. The minimum Gasteiger partial charge on any atom is -0.453 e. The molecular weight excluding hydrogens is 280 g/mol. The molecule has 1 saturated heterocycles. The molecule has 0 bridgehead atoms. The number of ether oxygens (including phenoxy) is 1. The molecule has 17 heavy (non-hydrogen) atoms. The van der Waals surface area contributed by atoms with E-state index in [-0.39, 0.29) is 10.3 Å². The highest BCUT2D eigenvalue weighted by atomic mass is 79.9. The van der Waals surface area contributed by atoms with Crippen LogP contribution in [0.5, 0.6) is 0 Å². The summed E-state index contributed by atoms with van der Waals surface area (Å²) in [6, 6.07) is 10.0. The maximum atomic E-state index is 11.7. The Bertz CT molecular complexity index is 408. The lowest BCUT2D eigenvalue weighted by molar-refractivity contribution is -0.172. The summed E-state index contributed by atoms with van der Waals surface area (Å²) < 4.78 is 5.46. The molecule has 1 aromatic rings. The maximum Gasteiger partial charge on any atom is 0.306 e. The quantitative estimate of drug-likeness (QED) is 0.613. The van der Waals surface area contributed by atoms with Gasteiger partial charge in [0, 0.05) is 6.42 Å². The van der Waals surface area contributed by atoms with Crippen molar-refractivity contribution in [3.05, 3.63) is 35.9 Å². The lowest BCUT2D eigenvalue weighted by atomic mass is 9.77. The van der Waals surface area contributed by atoms with Gasteiger partial charge in [-0.3, -0.25) is 4.79 Å². The molecule has 2 nitrogen and oxygen atoms in total. The third-order valence-corrected chi connectivity index (χ3v) is 4.04. The number of esters is 1. The molecule has 1 atom stereocenters. The van der Waals surface area contributed by atoms with E-state index in [0.29, 0.717) is 6.42 Å². The number of cyclic esters (lactones) is 1. The van der Waals surface area contributed by atoms with Gasteiger partial charge in [0.2, 0.25) is 0 Å². The molecule has 3 heteroatoms. The maximum absolute atomic E-state index is 11.7. The van der Waals surface area contributed by atoms with Gasteiger partial charge in [-0.2, -0.15) is 0 Å². The van der Waals surface area contributed by atoms with Gasteiger partial charge >= 0.3 is 5.97 Å². The van der Waals surface area contributed by atoms with E-state index in [1.54, 1.807) is 0 Å². The van der Waals surface area contributed by atoms with E-state index in [4.69, 9.17) is 4.74 Å².